The molecule has 0 atom stereocenters. The molecule has 1 fully saturated rings. The molecule has 1 aromatic heterocycles. The molecule has 0 saturated heterocycles. The molecule has 1 heterocycles. The Morgan fingerprint density at radius 3 is 2.67 bits per heavy atom. The molecule has 0 aromatic carbocycles. The van der Waals surface area contributed by atoms with Gasteiger partial charge in [-0.05, 0) is 46.5 Å². The van der Waals surface area contributed by atoms with Crippen LogP contribution < -0.4 is 0 Å². The van der Waals surface area contributed by atoms with Crippen LogP contribution in [0.1, 0.15) is 44.1 Å². The molecule has 1 aliphatic carbocycles. The van der Waals surface area contributed by atoms with Gasteiger partial charge in [-0.3, -0.25) is 4.79 Å². The van der Waals surface area contributed by atoms with Crippen molar-refractivity contribution in [3.05, 3.63) is 11.5 Å². The third-order valence-corrected chi connectivity index (χ3v) is 5.11. The minimum absolute atomic E-state index is 0.0681. The van der Waals surface area contributed by atoms with E-state index in [-0.39, 0.29) is 11.9 Å². The molecule has 0 unspecified atom stereocenters. The lowest BCUT2D eigenvalue weighted by molar-refractivity contribution is -0.150. The summed E-state index contributed by atoms with van der Waals surface area (Å²) in [7, 11) is 0. The van der Waals surface area contributed by atoms with Crippen LogP contribution in [0.2, 0.25) is 0 Å². The molecular weight excluding hydrogens is 290 g/mol. The molecule has 5 nitrogen and oxygen atoms in total. The number of nitrogens with zero attached hydrogens (tertiary/aromatic N) is 1. The summed E-state index contributed by atoms with van der Waals surface area (Å²) in [6.07, 6.45) is 2.59. The summed E-state index contributed by atoms with van der Waals surface area (Å²) in [4.78, 5) is 16.0. The van der Waals surface area contributed by atoms with Gasteiger partial charge in [-0.15, -0.1) is 0 Å². The molecule has 118 valence electrons. The second kappa shape index (κ2) is 6.83. The number of ether oxygens (including phenoxy) is 1. The number of hydrogen-bond acceptors (Lipinski definition) is 6. The monoisotopic (exact) mass is 313 g/mol. The van der Waals surface area contributed by atoms with E-state index in [0.29, 0.717) is 43.3 Å². The van der Waals surface area contributed by atoms with E-state index in [1.165, 1.54) is 11.8 Å². The maximum absolute atomic E-state index is 11.7. The molecule has 0 amide bonds. The highest BCUT2D eigenvalue weighted by Crippen LogP contribution is 2.36. The van der Waals surface area contributed by atoms with Crippen molar-refractivity contribution in [2.24, 2.45) is 5.92 Å². The van der Waals surface area contributed by atoms with Crippen LogP contribution in [0.15, 0.2) is 9.64 Å². The van der Waals surface area contributed by atoms with Crippen molar-refractivity contribution in [1.29, 1.82) is 0 Å². The first-order valence-electron chi connectivity index (χ1n) is 7.39. The zero-order chi connectivity index (χ0) is 15.5. The second-order valence-electron chi connectivity index (χ2n) is 5.66. The number of carbonyl (C=O) groups is 1. The van der Waals surface area contributed by atoms with E-state index in [2.05, 4.69) is 4.98 Å². The van der Waals surface area contributed by atoms with E-state index in [0.717, 1.165) is 11.5 Å². The summed E-state index contributed by atoms with van der Waals surface area (Å²) in [6.45, 7) is 6.01. The summed E-state index contributed by atoms with van der Waals surface area (Å²) < 4.78 is 10.6. The van der Waals surface area contributed by atoms with E-state index >= 15 is 0 Å². The molecule has 1 aliphatic rings. The molecule has 6 heteroatoms. The lowest BCUT2D eigenvalue weighted by Gasteiger charge is -2.34. The first-order chi connectivity index (χ1) is 9.93. The lowest BCUT2D eigenvalue weighted by Crippen LogP contribution is -2.38. The van der Waals surface area contributed by atoms with Crippen LogP contribution in [-0.2, 0) is 9.53 Å². The lowest BCUT2D eigenvalue weighted by atomic mass is 9.80. The maximum atomic E-state index is 11.7. The van der Waals surface area contributed by atoms with Gasteiger partial charge in [-0.2, -0.15) is 0 Å². The highest BCUT2D eigenvalue weighted by Gasteiger charge is 2.36. The van der Waals surface area contributed by atoms with Gasteiger partial charge in [0.25, 0.3) is 5.22 Å². The SMILES string of the molecule is CCOC(=O)C1CCC(O)(CSc2nc(C)c(C)o2)CC1. The Morgan fingerprint density at radius 2 is 2.14 bits per heavy atom. The first-order valence-corrected chi connectivity index (χ1v) is 8.38. The predicted molar refractivity (Wildman–Crippen MR) is 80.2 cm³/mol. The van der Waals surface area contributed by atoms with E-state index in [1.807, 2.05) is 20.8 Å². The Hall–Kier alpha value is -1.01. The Kier molecular flexibility index (Phi) is 5.32. The highest BCUT2D eigenvalue weighted by atomic mass is 32.2. The van der Waals surface area contributed by atoms with Gasteiger partial charge in [0.2, 0.25) is 0 Å². The van der Waals surface area contributed by atoms with Crippen LogP contribution >= 0.6 is 11.8 Å². The zero-order valence-corrected chi connectivity index (χ0v) is 13.7. The van der Waals surface area contributed by atoms with Crippen molar-refractivity contribution in [3.8, 4) is 0 Å². The minimum Gasteiger partial charge on any atom is -0.466 e. The normalized spacial score (nSPS) is 25.8. The van der Waals surface area contributed by atoms with E-state index in [1.54, 1.807) is 0 Å². The Morgan fingerprint density at radius 1 is 1.48 bits per heavy atom. The zero-order valence-electron chi connectivity index (χ0n) is 12.8. The summed E-state index contributed by atoms with van der Waals surface area (Å²) in [5, 5.41) is 11.2. The van der Waals surface area contributed by atoms with Gasteiger partial charge in [0.15, 0.2) is 0 Å². The average molecular weight is 313 g/mol. The highest BCUT2D eigenvalue weighted by molar-refractivity contribution is 7.99. The molecule has 2 rings (SSSR count). The van der Waals surface area contributed by atoms with Crippen molar-refractivity contribution in [2.75, 3.05) is 12.4 Å². The van der Waals surface area contributed by atoms with Crippen molar-refractivity contribution in [3.63, 3.8) is 0 Å². The number of aliphatic hydroxyl groups is 1. The van der Waals surface area contributed by atoms with Crippen LogP contribution in [0.25, 0.3) is 0 Å². The molecule has 0 aliphatic heterocycles. The van der Waals surface area contributed by atoms with Crippen LogP contribution in [0, 0.1) is 19.8 Å². The molecule has 0 spiro atoms. The predicted octanol–water partition coefficient (Wildman–Crippen LogP) is 2.87. The van der Waals surface area contributed by atoms with Crippen LogP contribution in [-0.4, -0.2) is 34.0 Å². The molecule has 0 radical (unpaired) electrons. The fourth-order valence-corrected chi connectivity index (χ4v) is 3.56. The van der Waals surface area contributed by atoms with Crippen LogP contribution in [0.4, 0.5) is 0 Å². The molecular formula is C15H23NO4S. The van der Waals surface area contributed by atoms with Crippen LogP contribution in [0.5, 0.6) is 0 Å². The molecule has 1 aromatic rings. The van der Waals surface area contributed by atoms with Gasteiger partial charge in [-0.25, -0.2) is 4.98 Å². The van der Waals surface area contributed by atoms with Gasteiger partial charge in [0.1, 0.15) is 5.76 Å². The summed E-state index contributed by atoms with van der Waals surface area (Å²) in [5.41, 5.74) is 0.139. The van der Waals surface area contributed by atoms with E-state index in [9.17, 15) is 9.90 Å². The first kappa shape index (κ1) is 16.4. The van der Waals surface area contributed by atoms with Crippen LogP contribution in [0.3, 0.4) is 0 Å². The van der Waals surface area contributed by atoms with E-state index in [4.69, 9.17) is 9.15 Å². The number of aromatic nitrogens is 1. The largest absolute Gasteiger partial charge is 0.466 e. The van der Waals surface area contributed by atoms with Crippen molar-refractivity contribution >= 4 is 17.7 Å². The topological polar surface area (TPSA) is 72.6 Å². The quantitative estimate of drug-likeness (QED) is 0.665. The number of esters is 1. The number of thioether (sulfide) groups is 1. The molecule has 21 heavy (non-hydrogen) atoms. The molecule has 0 bridgehead atoms. The van der Waals surface area contributed by atoms with Gasteiger partial charge in [0, 0.05) is 5.75 Å². The number of carbonyl (C=O) groups excluding carboxylic acids is 1. The number of rotatable bonds is 5. The summed E-state index contributed by atoms with van der Waals surface area (Å²) >= 11 is 1.44. The standard InChI is InChI=1S/C15H23NO4S/c1-4-19-13(17)12-5-7-15(18,8-6-12)9-21-14-16-10(2)11(3)20-14/h12,18H,4-9H2,1-3H3. The molecule has 1 saturated carbocycles. The number of oxazole rings is 1. The van der Waals surface area contributed by atoms with Gasteiger partial charge < -0.3 is 14.3 Å². The summed E-state index contributed by atoms with van der Waals surface area (Å²) in [5.74, 6) is 1.16. The fraction of sp³-hybridized carbons (Fsp3) is 0.733. The Balaban J connectivity index is 1.83. The van der Waals surface area contributed by atoms with Crippen molar-refractivity contribution < 1.29 is 19.1 Å². The van der Waals surface area contributed by atoms with Gasteiger partial charge in [-0.1, -0.05) is 11.8 Å². The fourth-order valence-electron chi connectivity index (χ4n) is 2.50. The Bertz CT molecular complexity index is 472. The minimum atomic E-state index is -0.746. The smallest absolute Gasteiger partial charge is 0.308 e. The number of aryl methyl sites for hydroxylation is 2. The number of hydrogen-bond donors (Lipinski definition) is 1. The van der Waals surface area contributed by atoms with Crippen molar-refractivity contribution in [1.82, 2.24) is 4.98 Å². The second-order valence-corrected chi connectivity index (χ2v) is 6.59. The van der Waals surface area contributed by atoms with Gasteiger partial charge >= 0.3 is 5.97 Å². The maximum Gasteiger partial charge on any atom is 0.308 e. The third kappa shape index (κ3) is 4.23. The summed E-state index contributed by atoms with van der Waals surface area (Å²) in [6, 6.07) is 0. The molecule has 1 N–H and O–H groups in total. The average Bonchev–Trinajstić information content (AvgIpc) is 2.77. The van der Waals surface area contributed by atoms with Crippen molar-refractivity contribution in [2.45, 2.75) is 57.3 Å². The van der Waals surface area contributed by atoms with E-state index < -0.39 is 5.60 Å². The van der Waals surface area contributed by atoms with Gasteiger partial charge in [0.05, 0.1) is 23.8 Å². The third-order valence-electron chi connectivity index (χ3n) is 4.01. The Labute approximate surface area is 129 Å².